The molecule has 1 aliphatic rings. The molecule has 22 heavy (non-hydrogen) atoms. The molecule has 0 amide bonds. The largest absolute Gasteiger partial charge is 0.472 e. The first-order valence-electron chi connectivity index (χ1n) is 7.55. The molecule has 0 bridgehead atoms. The molecule has 3 aromatic rings. The number of aryl methyl sites for hydroxylation is 2. The van der Waals surface area contributed by atoms with Crippen LogP contribution in [0.25, 0.3) is 11.0 Å². The molecule has 0 spiro atoms. The highest BCUT2D eigenvalue weighted by atomic mass is 32.1. The number of furan rings is 1. The molecule has 0 aromatic carbocycles. The number of thiazole rings is 1. The smallest absolute Gasteiger partial charge is 0.204 e. The molecule has 5 heteroatoms. The van der Waals surface area contributed by atoms with Gasteiger partial charge in [-0.05, 0) is 43.9 Å². The summed E-state index contributed by atoms with van der Waals surface area (Å²) in [6, 6.07) is 1.83. The van der Waals surface area contributed by atoms with Gasteiger partial charge >= 0.3 is 0 Å². The third-order valence-electron chi connectivity index (χ3n) is 4.08. The zero-order valence-electron chi connectivity index (χ0n) is 12.1. The number of allylic oxidation sites excluding steroid dienone is 1. The Morgan fingerprint density at radius 3 is 3.09 bits per heavy atom. The summed E-state index contributed by atoms with van der Waals surface area (Å²) in [4.78, 5) is 19.3. The standard InChI is InChI=1S/C17H16N2O2S/c20-15(7-6-12-8-9-21-11-12)14-10-18-17-19(14)13-4-2-1-3-5-16(13)22-17/h6-11H,1-5H2. The van der Waals surface area contributed by atoms with Crippen LogP contribution in [0.1, 0.15) is 45.9 Å². The monoisotopic (exact) mass is 312 g/mol. The maximum atomic E-state index is 12.5. The Morgan fingerprint density at radius 2 is 2.23 bits per heavy atom. The van der Waals surface area contributed by atoms with Gasteiger partial charge in [0, 0.05) is 16.1 Å². The summed E-state index contributed by atoms with van der Waals surface area (Å²) >= 11 is 1.73. The fourth-order valence-electron chi connectivity index (χ4n) is 2.96. The molecule has 112 valence electrons. The predicted octanol–water partition coefficient (Wildman–Crippen LogP) is 4.15. The van der Waals surface area contributed by atoms with Gasteiger partial charge in [-0.2, -0.15) is 0 Å². The number of carbonyl (C=O) groups excluding carboxylic acids is 1. The van der Waals surface area contributed by atoms with Crippen molar-refractivity contribution in [3.05, 3.63) is 52.7 Å². The normalized spacial score (nSPS) is 15.3. The lowest BCUT2D eigenvalue weighted by Gasteiger charge is -2.01. The third-order valence-corrected chi connectivity index (χ3v) is 5.23. The summed E-state index contributed by atoms with van der Waals surface area (Å²) in [6.45, 7) is 0. The average Bonchev–Trinajstić information content (AvgIpc) is 3.20. The van der Waals surface area contributed by atoms with E-state index in [0.29, 0.717) is 5.69 Å². The number of hydrogen-bond donors (Lipinski definition) is 0. The molecule has 0 saturated heterocycles. The van der Waals surface area contributed by atoms with Crippen molar-refractivity contribution < 1.29 is 9.21 Å². The molecule has 0 saturated carbocycles. The fourth-order valence-corrected chi connectivity index (χ4v) is 4.15. The van der Waals surface area contributed by atoms with Crippen LogP contribution in [0.5, 0.6) is 0 Å². The minimum atomic E-state index is -0.0152. The van der Waals surface area contributed by atoms with E-state index in [1.54, 1.807) is 42.2 Å². The van der Waals surface area contributed by atoms with Gasteiger partial charge in [-0.15, -0.1) is 11.3 Å². The van der Waals surface area contributed by atoms with Crippen LogP contribution < -0.4 is 0 Å². The van der Waals surface area contributed by atoms with Gasteiger partial charge in [0.25, 0.3) is 0 Å². The quantitative estimate of drug-likeness (QED) is 0.414. The first-order valence-corrected chi connectivity index (χ1v) is 8.37. The van der Waals surface area contributed by atoms with Crippen molar-refractivity contribution in [2.45, 2.75) is 32.1 Å². The second-order valence-electron chi connectivity index (χ2n) is 5.55. The fraction of sp³-hybridized carbons (Fsp3) is 0.294. The lowest BCUT2D eigenvalue weighted by molar-refractivity contribution is 0.104. The Balaban J connectivity index is 1.72. The van der Waals surface area contributed by atoms with E-state index in [1.807, 2.05) is 6.07 Å². The molecule has 1 aliphatic carbocycles. The van der Waals surface area contributed by atoms with Gasteiger partial charge in [0.05, 0.1) is 18.7 Å². The first kappa shape index (κ1) is 13.5. The minimum absolute atomic E-state index is 0.0152. The van der Waals surface area contributed by atoms with Crippen LogP contribution >= 0.6 is 11.3 Å². The number of hydrogen-bond acceptors (Lipinski definition) is 4. The average molecular weight is 312 g/mol. The zero-order chi connectivity index (χ0) is 14.9. The molecule has 0 radical (unpaired) electrons. The van der Waals surface area contributed by atoms with Crippen molar-refractivity contribution in [3.8, 4) is 0 Å². The minimum Gasteiger partial charge on any atom is -0.472 e. The van der Waals surface area contributed by atoms with E-state index in [9.17, 15) is 4.79 Å². The van der Waals surface area contributed by atoms with Gasteiger partial charge in [-0.3, -0.25) is 9.20 Å². The van der Waals surface area contributed by atoms with Gasteiger partial charge in [0.1, 0.15) is 5.69 Å². The second kappa shape index (κ2) is 5.57. The summed E-state index contributed by atoms with van der Waals surface area (Å²) in [5.74, 6) is -0.0152. The number of fused-ring (bicyclic) bond motifs is 3. The molecule has 0 fully saturated rings. The number of nitrogens with zero attached hydrogens (tertiary/aromatic N) is 2. The lowest BCUT2D eigenvalue weighted by atomic mass is 10.2. The summed E-state index contributed by atoms with van der Waals surface area (Å²) in [5.41, 5.74) is 2.84. The van der Waals surface area contributed by atoms with Gasteiger partial charge in [0.15, 0.2) is 4.96 Å². The Labute approximate surface area is 132 Å². The topological polar surface area (TPSA) is 47.5 Å². The molecule has 4 rings (SSSR count). The van der Waals surface area contributed by atoms with Gasteiger partial charge in [0.2, 0.25) is 5.78 Å². The van der Waals surface area contributed by atoms with Crippen molar-refractivity contribution in [1.82, 2.24) is 9.38 Å². The highest BCUT2D eigenvalue weighted by Crippen LogP contribution is 2.30. The number of ketones is 1. The van der Waals surface area contributed by atoms with Crippen LogP contribution in [0.15, 0.2) is 35.3 Å². The zero-order valence-corrected chi connectivity index (χ0v) is 12.9. The number of carbonyl (C=O) groups is 1. The van der Waals surface area contributed by atoms with E-state index >= 15 is 0 Å². The van der Waals surface area contributed by atoms with Crippen LogP contribution in [0.3, 0.4) is 0 Å². The highest BCUT2D eigenvalue weighted by molar-refractivity contribution is 7.17. The SMILES string of the molecule is O=C(C=Cc1ccoc1)c1cnc2sc3c(n12)CCCCC3. The Hall–Kier alpha value is -2.14. The van der Waals surface area contributed by atoms with E-state index in [-0.39, 0.29) is 5.78 Å². The van der Waals surface area contributed by atoms with E-state index in [4.69, 9.17) is 4.42 Å². The van der Waals surface area contributed by atoms with Crippen molar-refractivity contribution in [2.24, 2.45) is 0 Å². The molecule has 0 N–H and O–H groups in total. The highest BCUT2D eigenvalue weighted by Gasteiger charge is 2.20. The number of aromatic nitrogens is 2. The molecule has 3 aromatic heterocycles. The molecule has 4 nitrogen and oxygen atoms in total. The van der Waals surface area contributed by atoms with Crippen molar-refractivity contribution in [2.75, 3.05) is 0 Å². The molecule has 0 aliphatic heterocycles. The first-order chi connectivity index (χ1) is 10.8. The van der Waals surface area contributed by atoms with Crippen LogP contribution in [0, 0.1) is 0 Å². The van der Waals surface area contributed by atoms with Crippen LogP contribution in [-0.4, -0.2) is 15.2 Å². The van der Waals surface area contributed by atoms with E-state index in [1.165, 1.54) is 29.8 Å². The lowest BCUT2D eigenvalue weighted by Crippen LogP contribution is -2.03. The summed E-state index contributed by atoms with van der Waals surface area (Å²) in [6.07, 6.45) is 14.1. The van der Waals surface area contributed by atoms with E-state index in [0.717, 1.165) is 23.4 Å². The maximum absolute atomic E-state index is 12.5. The molecular formula is C17H16N2O2S. The summed E-state index contributed by atoms with van der Waals surface area (Å²) in [7, 11) is 0. The molecule has 0 unspecified atom stereocenters. The van der Waals surface area contributed by atoms with Crippen LogP contribution in [0.2, 0.25) is 0 Å². The molecule has 3 heterocycles. The third kappa shape index (κ3) is 2.31. The number of imidazole rings is 1. The van der Waals surface area contributed by atoms with Gasteiger partial charge in [-0.1, -0.05) is 6.42 Å². The summed E-state index contributed by atoms with van der Waals surface area (Å²) in [5, 5.41) is 0. The van der Waals surface area contributed by atoms with Gasteiger partial charge < -0.3 is 4.42 Å². The van der Waals surface area contributed by atoms with Crippen LogP contribution in [-0.2, 0) is 12.8 Å². The Kier molecular flexibility index (Phi) is 3.42. The Bertz CT molecular complexity index is 840. The maximum Gasteiger partial charge on any atom is 0.204 e. The van der Waals surface area contributed by atoms with E-state index < -0.39 is 0 Å². The second-order valence-corrected chi connectivity index (χ2v) is 6.61. The molecule has 0 atom stereocenters. The molecular weight excluding hydrogens is 296 g/mol. The van der Waals surface area contributed by atoms with Crippen molar-refractivity contribution in [1.29, 1.82) is 0 Å². The van der Waals surface area contributed by atoms with E-state index in [2.05, 4.69) is 9.38 Å². The van der Waals surface area contributed by atoms with Gasteiger partial charge in [-0.25, -0.2) is 4.98 Å². The Morgan fingerprint density at radius 1 is 1.32 bits per heavy atom. The predicted molar refractivity (Wildman–Crippen MR) is 86.4 cm³/mol. The number of rotatable bonds is 3. The van der Waals surface area contributed by atoms with Crippen LogP contribution in [0.4, 0.5) is 0 Å². The van der Waals surface area contributed by atoms with Crippen molar-refractivity contribution in [3.63, 3.8) is 0 Å². The van der Waals surface area contributed by atoms with Crippen molar-refractivity contribution >= 4 is 28.2 Å². The summed E-state index contributed by atoms with van der Waals surface area (Å²) < 4.78 is 7.07.